The highest BCUT2D eigenvalue weighted by Crippen LogP contribution is 2.24. The van der Waals surface area contributed by atoms with Crippen LogP contribution in [0.1, 0.15) is 28.7 Å². The number of carbonyl (C=O) groups excluding carboxylic acids is 4. The van der Waals surface area contributed by atoms with Crippen molar-refractivity contribution in [2.24, 2.45) is 5.73 Å². The van der Waals surface area contributed by atoms with E-state index in [1.54, 1.807) is 37.9 Å². The molecule has 0 saturated carbocycles. The van der Waals surface area contributed by atoms with Crippen LogP contribution in [0.2, 0.25) is 0 Å². The maximum atomic E-state index is 13.5. The van der Waals surface area contributed by atoms with E-state index in [1.165, 1.54) is 0 Å². The number of anilines is 1. The number of carbonyl (C=O) groups is 4. The fourth-order valence-electron chi connectivity index (χ4n) is 6.63. The number of aromatic nitrogens is 1. The first-order valence-corrected chi connectivity index (χ1v) is 18.9. The SMILES string of the molecule is NCc1ccc(CNC(=O)N2CCN(C(=O)O[C@@H]3CCO[C@H](COC(=O)N4CCN(C(=O)NCc5ccc(N)nc5)CC4)[C@H]3OCc3ccccc3)CC2)cc1. The Morgan fingerprint density at radius 2 is 1.29 bits per heavy atom. The number of nitrogen functional groups attached to an aromatic ring is 1. The number of urea groups is 2. The van der Waals surface area contributed by atoms with Crippen molar-refractivity contribution in [3.05, 3.63) is 95.2 Å². The van der Waals surface area contributed by atoms with Gasteiger partial charge < -0.3 is 60.6 Å². The first kappa shape index (κ1) is 40.0. The van der Waals surface area contributed by atoms with Crippen LogP contribution in [-0.2, 0) is 45.2 Å². The molecule has 4 heterocycles. The Kier molecular flexibility index (Phi) is 14.1. The highest BCUT2D eigenvalue weighted by molar-refractivity contribution is 5.75. The molecule has 300 valence electrons. The second-order valence-electron chi connectivity index (χ2n) is 13.8. The summed E-state index contributed by atoms with van der Waals surface area (Å²) in [5.74, 6) is 0.406. The largest absolute Gasteiger partial charge is 0.447 e. The first-order chi connectivity index (χ1) is 27.2. The molecule has 3 aliphatic heterocycles. The smallest absolute Gasteiger partial charge is 0.410 e. The Hall–Kier alpha value is -5.65. The lowest BCUT2D eigenvalue weighted by atomic mass is 10.0. The van der Waals surface area contributed by atoms with Crippen LogP contribution >= 0.6 is 0 Å². The molecule has 0 radical (unpaired) electrons. The number of benzene rings is 2. The van der Waals surface area contributed by atoms with Crippen LogP contribution in [0.15, 0.2) is 72.9 Å². The molecule has 3 fully saturated rings. The summed E-state index contributed by atoms with van der Waals surface area (Å²) >= 11 is 0. The average Bonchev–Trinajstić information content (AvgIpc) is 3.24. The maximum absolute atomic E-state index is 13.5. The normalized spacial score (nSPS) is 19.9. The van der Waals surface area contributed by atoms with Crippen molar-refractivity contribution >= 4 is 30.1 Å². The van der Waals surface area contributed by atoms with E-state index < -0.39 is 30.5 Å². The fraction of sp³-hybridized carbons (Fsp3) is 0.462. The summed E-state index contributed by atoms with van der Waals surface area (Å²) in [6, 6.07) is 20.4. The second kappa shape index (κ2) is 19.8. The minimum Gasteiger partial charge on any atom is -0.447 e. The number of ether oxygens (including phenoxy) is 4. The molecular formula is C39H51N9O8. The van der Waals surface area contributed by atoms with Crippen LogP contribution in [-0.4, -0.2) is 133 Å². The average molecular weight is 774 g/mol. The summed E-state index contributed by atoms with van der Waals surface area (Å²) in [5, 5.41) is 5.81. The third-order valence-corrected chi connectivity index (χ3v) is 10.0. The molecule has 3 aromatic rings. The number of nitrogens with one attached hydrogen (secondary N) is 2. The predicted molar refractivity (Wildman–Crippen MR) is 205 cm³/mol. The standard InChI is InChI=1S/C39H51N9O8/c40-22-28-6-8-29(9-7-28)23-43-36(49)46-15-19-48(20-16-46)39(52)56-32-12-21-53-33(35(32)54-26-30-4-2-1-3-5-30)27-55-38(51)47-17-13-45(14-18-47)37(50)44-25-31-10-11-34(41)42-24-31/h1-11,24,32-33,35H,12-23,25-27,40H2,(H2,41,42)(H,43,49)(H,44,50)/t32-,33-,35+/m1/s1. The number of hydrogen-bond donors (Lipinski definition) is 4. The molecule has 17 nitrogen and oxygen atoms in total. The Labute approximate surface area is 326 Å². The molecule has 3 atom stereocenters. The van der Waals surface area contributed by atoms with Crippen molar-refractivity contribution < 1.29 is 38.1 Å². The minimum atomic E-state index is -0.719. The lowest BCUT2D eigenvalue weighted by molar-refractivity contribution is -0.178. The van der Waals surface area contributed by atoms with Gasteiger partial charge in [-0.3, -0.25) is 0 Å². The summed E-state index contributed by atoms with van der Waals surface area (Å²) < 4.78 is 24.1. The second-order valence-corrected chi connectivity index (χ2v) is 13.8. The van der Waals surface area contributed by atoms with E-state index in [1.807, 2.05) is 54.6 Å². The van der Waals surface area contributed by atoms with Crippen LogP contribution < -0.4 is 22.1 Å². The van der Waals surface area contributed by atoms with E-state index in [4.69, 9.17) is 30.4 Å². The number of amides is 6. The molecule has 0 aliphatic carbocycles. The van der Waals surface area contributed by atoms with Crippen LogP contribution in [0.3, 0.4) is 0 Å². The fourth-order valence-corrected chi connectivity index (χ4v) is 6.63. The molecule has 3 saturated heterocycles. The van der Waals surface area contributed by atoms with E-state index in [-0.39, 0.29) is 31.9 Å². The number of rotatable bonds is 11. The maximum Gasteiger partial charge on any atom is 0.410 e. The van der Waals surface area contributed by atoms with E-state index >= 15 is 0 Å². The van der Waals surface area contributed by atoms with E-state index in [0.29, 0.717) is 84.2 Å². The van der Waals surface area contributed by atoms with Crippen LogP contribution in [0.4, 0.5) is 25.0 Å². The monoisotopic (exact) mass is 773 g/mol. The third-order valence-electron chi connectivity index (χ3n) is 10.0. The third kappa shape index (κ3) is 11.2. The van der Waals surface area contributed by atoms with Crippen LogP contribution in [0.25, 0.3) is 0 Å². The van der Waals surface area contributed by atoms with E-state index in [9.17, 15) is 19.2 Å². The number of nitrogens with two attached hydrogens (primary N) is 2. The molecule has 6 amide bonds. The van der Waals surface area contributed by atoms with Crippen molar-refractivity contribution in [2.45, 2.75) is 51.0 Å². The Bertz CT molecular complexity index is 1740. The Morgan fingerprint density at radius 3 is 1.89 bits per heavy atom. The molecular weight excluding hydrogens is 722 g/mol. The van der Waals surface area contributed by atoms with E-state index in [0.717, 1.165) is 22.3 Å². The predicted octanol–water partition coefficient (Wildman–Crippen LogP) is 2.49. The van der Waals surface area contributed by atoms with Gasteiger partial charge in [0.25, 0.3) is 0 Å². The van der Waals surface area contributed by atoms with Gasteiger partial charge >= 0.3 is 24.2 Å². The lowest BCUT2D eigenvalue weighted by Gasteiger charge is -2.39. The van der Waals surface area contributed by atoms with Crippen LogP contribution in [0.5, 0.6) is 0 Å². The summed E-state index contributed by atoms with van der Waals surface area (Å²) in [6.45, 7) is 4.15. The quantitative estimate of drug-likeness (QED) is 0.223. The zero-order valence-electron chi connectivity index (χ0n) is 31.4. The molecule has 17 heteroatoms. The number of hydrogen-bond acceptors (Lipinski definition) is 11. The summed E-state index contributed by atoms with van der Waals surface area (Å²) in [7, 11) is 0. The van der Waals surface area contributed by atoms with Gasteiger partial charge in [-0.2, -0.15) is 0 Å². The minimum absolute atomic E-state index is 0.117. The first-order valence-electron chi connectivity index (χ1n) is 18.9. The molecule has 0 bridgehead atoms. The van der Waals surface area contributed by atoms with Gasteiger partial charge in [-0.25, -0.2) is 24.2 Å². The zero-order chi connectivity index (χ0) is 39.3. The van der Waals surface area contributed by atoms with E-state index in [2.05, 4.69) is 15.6 Å². The molecule has 0 spiro atoms. The summed E-state index contributed by atoms with van der Waals surface area (Å²) in [5.41, 5.74) is 15.0. The number of piperazine rings is 2. The molecule has 0 unspecified atom stereocenters. The molecule has 6 rings (SSSR count). The van der Waals surface area contributed by atoms with Gasteiger partial charge in [-0.05, 0) is 28.3 Å². The molecule has 2 aromatic carbocycles. The van der Waals surface area contributed by atoms with Gasteiger partial charge in [0, 0.05) is 84.6 Å². The highest BCUT2D eigenvalue weighted by Gasteiger charge is 2.40. The van der Waals surface area contributed by atoms with Gasteiger partial charge in [0.2, 0.25) is 0 Å². The number of pyridine rings is 1. The Balaban J connectivity index is 0.969. The van der Waals surface area contributed by atoms with Gasteiger partial charge in [-0.1, -0.05) is 60.7 Å². The summed E-state index contributed by atoms with van der Waals surface area (Å²) in [6.07, 6.45) is -1.12. The van der Waals surface area contributed by atoms with Gasteiger partial charge in [0.15, 0.2) is 0 Å². The molecule has 1 aromatic heterocycles. The van der Waals surface area contributed by atoms with Crippen molar-refractivity contribution in [2.75, 3.05) is 71.3 Å². The van der Waals surface area contributed by atoms with Gasteiger partial charge in [-0.15, -0.1) is 0 Å². The molecule has 6 N–H and O–H groups in total. The summed E-state index contributed by atoms with van der Waals surface area (Å²) in [4.78, 5) is 62.7. The Morgan fingerprint density at radius 1 is 0.714 bits per heavy atom. The van der Waals surface area contributed by atoms with Gasteiger partial charge in [0.1, 0.15) is 30.7 Å². The zero-order valence-corrected chi connectivity index (χ0v) is 31.4. The van der Waals surface area contributed by atoms with Gasteiger partial charge in [0.05, 0.1) is 13.2 Å². The highest BCUT2D eigenvalue weighted by atomic mass is 16.6. The number of nitrogens with zero attached hydrogens (tertiary/aromatic N) is 5. The van der Waals surface area contributed by atoms with Crippen molar-refractivity contribution in [1.29, 1.82) is 0 Å². The topological polar surface area (TPSA) is 207 Å². The molecule has 56 heavy (non-hydrogen) atoms. The lowest BCUT2D eigenvalue weighted by Crippen LogP contribution is -2.56. The van der Waals surface area contributed by atoms with Crippen LogP contribution in [0, 0.1) is 0 Å². The van der Waals surface area contributed by atoms with Crippen molar-refractivity contribution in [3.8, 4) is 0 Å². The van der Waals surface area contributed by atoms with Crippen molar-refractivity contribution in [1.82, 2.24) is 35.2 Å². The van der Waals surface area contributed by atoms with Crippen molar-refractivity contribution in [3.63, 3.8) is 0 Å². The molecule has 3 aliphatic rings.